The number of anilines is 2. The van der Waals surface area contributed by atoms with Crippen LogP contribution in [-0.2, 0) is 15.3 Å². The zero-order valence-electron chi connectivity index (χ0n) is 20.2. The Morgan fingerprint density at radius 1 is 1.03 bits per heavy atom. The van der Waals surface area contributed by atoms with Crippen molar-refractivity contribution in [3.8, 4) is 0 Å². The van der Waals surface area contributed by atoms with Gasteiger partial charge in [-0.1, -0.05) is 6.07 Å². The van der Waals surface area contributed by atoms with Gasteiger partial charge in [0.1, 0.15) is 23.0 Å². The molecular formula is C26H30N4O3S. The number of hydrogen-bond acceptors (Lipinski definition) is 7. The molecule has 1 amide bonds. The van der Waals surface area contributed by atoms with Gasteiger partial charge in [-0.25, -0.2) is 9.97 Å². The zero-order valence-corrected chi connectivity index (χ0v) is 21.0. The number of benzene rings is 1. The summed E-state index contributed by atoms with van der Waals surface area (Å²) in [6.07, 6.45) is 3.30. The van der Waals surface area contributed by atoms with E-state index in [4.69, 9.17) is 10.5 Å². The lowest BCUT2D eigenvalue weighted by atomic mass is 10.1. The molecular weight excluding hydrogens is 448 g/mol. The van der Waals surface area contributed by atoms with E-state index in [-0.39, 0.29) is 12.5 Å². The lowest BCUT2D eigenvalue weighted by molar-refractivity contribution is -0.152. The minimum atomic E-state index is -0.657. The molecule has 0 aliphatic heterocycles. The molecule has 0 atom stereocenters. The summed E-state index contributed by atoms with van der Waals surface area (Å²) in [4.78, 5) is 36.4. The molecule has 0 aliphatic carbocycles. The molecule has 0 saturated heterocycles. The first kappa shape index (κ1) is 25.2. The number of esters is 1. The smallest absolute Gasteiger partial charge is 0.326 e. The van der Waals surface area contributed by atoms with Crippen LogP contribution in [0.4, 0.5) is 11.5 Å². The van der Waals surface area contributed by atoms with Crippen molar-refractivity contribution < 1.29 is 14.3 Å². The van der Waals surface area contributed by atoms with Crippen molar-refractivity contribution in [1.82, 2.24) is 9.97 Å². The summed E-state index contributed by atoms with van der Waals surface area (Å²) >= 11 is 1.43. The van der Waals surface area contributed by atoms with Crippen molar-refractivity contribution in [2.45, 2.75) is 51.0 Å². The molecule has 2 N–H and O–H groups in total. The van der Waals surface area contributed by atoms with Crippen LogP contribution in [0, 0.1) is 13.8 Å². The van der Waals surface area contributed by atoms with E-state index in [0.29, 0.717) is 27.8 Å². The Morgan fingerprint density at radius 2 is 1.74 bits per heavy atom. The molecule has 0 radical (unpaired) electrons. The highest BCUT2D eigenvalue weighted by Gasteiger charge is 2.26. The molecule has 0 unspecified atom stereocenters. The summed E-state index contributed by atoms with van der Waals surface area (Å²) < 4.78 is 5.51. The standard InChI is InChI=1S/C26H30N4O3S/c1-17-11-18(2)13-20(12-17)30(15-23(31)33-26(3,4)5)25(32)21-7-6-9-29-24(21)34-16-19-8-10-28-22(27)14-19/h6-14H,15-16H2,1-5H3,(H2,27,28). The number of amides is 1. The van der Waals surface area contributed by atoms with Gasteiger partial charge in [0.25, 0.3) is 5.91 Å². The number of nitrogens with zero attached hydrogens (tertiary/aromatic N) is 3. The summed E-state index contributed by atoms with van der Waals surface area (Å²) in [5, 5.41) is 0.571. The fraction of sp³-hybridized carbons (Fsp3) is 0.308. The van der Waals surface area contributed by atoms with Gasteiger partial charge in [0, 0.05) is 23.8 Å². The largest absolute Gasteiger partial charge is 0.459 e. The highest BCUT2D eigenvalue weighted by atomic mass is 32.2. The predicted molar refractivity (Wildman–Crippen MR) is 136 cm³/mol. The summed E-state index contributed by atoms with van der Waals surface area (Å²) in [5.41, 5.74) is 9.14. The third-order valence-electron chi connectivity index (χ3n) is 4.69. The van der Waals surface area contributed by atoms with Gasteiger partial charge in [0.2, 0.25) is 0 Å². The molecule has 34 heavy (non-hydrogen) atoms. The minimum Gasteiger partial charge on any atom is -0.459 e. The summed E-state index contributed by atoms with van der Waals surface area (Å²) in [5.74, 6) is 0.208. The molecule has 0 fully saturated rings. The third-order valence-corrected chi connectivity index (χ3v) is 5.77. The van der Waals surface area contributed by atoms with Gasteiger partial charge in [-0.15, -0.1) is 11.8 Å². The molecule has 3 aromatic rings. The Kier molecular flexibility index (Phi) is 7.94. The van der Waals surface area contributed by atoms with Gasteiger partial charge in [-0.3, -0.25) is 14.5 Å². The van der Waals surface area contributed by atoms with Crippen LogP contribution in [0.25, 0.3) is 0 Å². The monoisotopic (exact) mass is 478 g/mol. The van der Waals surface area contributed by atoms with Gasteiger partial charge >= 0.3 is 5.97 Å². The SMILES string of the molecule is Cc1cc(C)cc(N(CC(=O)OC(C)(C)C)C(=O)c2cccnc2SCc2ccnc(N)c2)c1. The van der Waals surface area contributed by atoms with Crippen LogP contribution in [0.15, 0.2) is 59.9 Å². The number of aromatic nitrogens is 2. The first-order valence-corrected chi connectivity index (χ1v) is 11.9. The Labute approximate surface area is 204 Å². The van der Waals surface area contributed by atoms with Crippen molar-refractivity contribution in [2.75, 3.05) is 17.2 Å². The van der Waals surface area contributed by atoms with Crippen LogP contribution in [0.3, 0.4) is 0 Å². The normalized spacial score (nSPS) is 11.2. The van der Waals surface area contributed by atoms with Crippen LogP contribution < -0.4 is 10.6 Å². The molecule has 178 valence electrons. The molecule has 8 heteroatoms. The fourth-order valence-electron chi connectivity index (χ4n) is 3.44. The number of aryl methyl sites for hydroxylation is 2. The Hall–Kier alpha value is -3.39. The number of carbonyl (C=O) groups is 2. The van der Waals surface area contributed by atoms with Gasteiger partial charge < -0.3 is 10.5 Å². The molecule has 0 aliphatic rings. The van der Waals surface area contributed by atoms with Crippen molar-refractivity contribution >= 4 is 35.1 Å². The van der Waals surface area contributed by atoms with Crippen molar-refractivity contribution in [3.63, 3.8) is 0 Å². The second kappa shape index (κ2) is 10.7. The molecule has 3 rings (SSSR count). The highest BCUT2D eigenvalue weighted by molar-refractivity contribution is 7.98. The number of hydrogen-bond donors (Lipinski definition) is 1. The van der Waals surface area contributed by atoms with Gasteiger partial charge in [0.05, 0.1) is 5.56 Å². The molecule has 0 spiro atoms. The van der Waals surface area contributed by atoms with Crippen LogP contribution in [0.1, 0.15) is 47.8 Å². The molecule has 1 aromatic carbocycles. The number of nitrogens with two attached hydrogens (primary N) is 1. The lowest BCUT2D eigenvalue weighted by Gasteiger charge is -2.26. The molecule has 0 bridgehead atoms. The number of thioether (sulfide) groups is 1. The molecule has 0 saturated carbocycles. The summed E-state index contributed by atoms with van der Waals surface area (Å²) in [6, 6.07) is 12.9. The first-order chi connectivity index (χ1) is 16.0. The number of pyridine rings is 2. The van der Waals surface area contributed by atoms with Crippen LogP contribution in [0.2, 0.25) is 0 Å². The predicted octanol–water partition coefficient (Wildman–Crippen LogP) is 4.96. The Morgan fingerprint density at radius 3 is 2.38 bits per heavy atom. The van der Waals surface area contributed by atoms with E-state index in [0.717, 1.165) is 16.7 Å². The topological polar surface area (TPSA) is 98.4 Å². The number of rotatable bonds is 7. The molecule has 7 nitrogen and oxygen atoms in total. The fourth-order valence-corrected chi connectivity index (χ4v) is 4.37. The maximum Gasteiger partial charge on any atom is 0.326 e. The quantitative estimate of drug-likeness (QED) is 0.379. The van der Waals surface area contributed by atoms with E-state index in [1.807, 2.05) is 38.1 Å². The summed E-state index contributed by atoms with van der Waals surface area (Å²) in [7, 11) is 0. The van der Waals surface area contributed by atoms with Gasteiger partial charge in [-0.2, -0.15) is 0 Å². The second-order valence-electron chi connectivity index (χ2n) is 9.06. The maximum atomic E-state index is 13.8. The van der Waals surface area contributed by atoms with Gasteiger partial charge in [0.15, 0.2) is 0 Å². The van der Waals surface area contributed by atoms with Crippen LogP contribution in [-0.4, -0.2) is 34.0 Å². The average molecular weight is 479 g/mol. The van der Waals surface area contributed by atoms with Crippen molar-refractivity contribution in [1.29, 1.82) is 0 Å². The first-order valence-electron chi connectivity index (χ1n) is 10.9. The second-order valence-corrected chi connectivity index (χ2v) is 10.0. The minimum absolute atomic E-state index is 0.209. The van der Waals surface area contributed by atoms with Crippen LogP contribution >= 0.6 is 11.8 Å². The van der Waals surface area contributed by atoms with E-state index in [2.05, 4.69) is 9.97 Å². The number of nitrogen functional groups attached to an aromatic ring is 1. The molecule has 2 aromatic heterocycles. The van der Waals surface area contributed by atoms with Crippen molar-refractivity contribution in [3.05, 3.63) is 77.1 Å². The van der Waals surface area contributed by atoms with E-state index in [1.54, 1.807) is 51.4 Å². The number of carbonyl (C=O) groups excluding carboxylic acids is 2. The van der Waals surface area contributed by atoms with Crippen molar-refractivity contribution in [2.24, 2.45) is 0 Å². The number of ether oxygens (including phenoxy) is 1. The van der Waals surface area contributed by atoms with Gasteiger partial charge in [-0.05, 0) is 87.7 Å². The zero-order chi connectivity index (χ0) is 24.9. The Balaban J connectivity index is 1.93. The van der Waals surface area contributed by atoms with Crippen LogP contribution in [0.5, 0.6) is 0 Å². The van der Waals surface area contributed by atoms with E-state index >= 15 is 0 Å². The lowest BCUT2D eigenvalue weighted by Crippen LogP contribution is -2.39. The van der Waals surface area contributed by atoms with E-state index < -0.39 is 11.6 Å². The maximum absolute atomic E-state index is 13.8. The average Bonchev–Trinajstić information content (AvgIpc) is 2.74. The van der Waals surface area contributed by atoms with E-state index in [9.17, 15) is 9.59 Å². The Bertz CT molecular complexity index is 1170. The summed E-state index contributed by atoms with van der Waals surface area (Å²) in [6.45, 7) is 9.11. The van der Waals surface area contributed by atoms with E-state index in [1.165, 1.54) is 16.7 Å². The highest BCUT2D eigenvalue weighted by Crippen LogP contribution is 2.28. The molecule has 2 heterocycles. The third kappa shape index (κ3) is 7.05.